The highest BCUT2D eigenvalue weighted by molar-refractivity contribution is 5.40. The third-order valence-corrected chi connectivity index (χ3v) is 5.09. The molecule has 148 valence electrons. The van der Waals surface area contributed by atoms with Crippen LogP contribution in [0.15, 0.2) is 30.5 Å². The second-order valence-corrected chi connectivity index (χ2v) is 7.19. The number of nitrogens with zero attached hydrogens (tertiary/aromatic N) is 5. The first-order valence-electron chi connectivity index (χ1n) is 9.11. The summed E-state index contributed by atoms with van der Waals surface area (Å²) in [5, 5.41) is 18.2. The molecule has 1 atom stereocenters. The maximum Gasteiger partial charge on any atom is 0.417 e. The van der Waals surface area contributed by atoms with E-state index in [1.807, 2.05) is 6.92 Å². The van der Waals surface area contributed by atoms with Crippen LogP contribution in [0.2, 0.25) is 0 Å². The molecule has 9 heteroatoms. The number of hydrogen-bond acceptors (Lipinski definition) is 5. The Balaban J connectivity index is 1.58. The third kappa shape index (κ3) is 3.66. The van der Waals surface area contributed by atoms with E-state index in [2.05, 4.69) is 20.1 Å². The highest BCUT2D eigenvalue weighted by Gasteiger charge is 2.32. The molecule has 3 aromatic heterocycles. The van der Waals surface area contributed by atoms with E-state index in [1.54, 1.807) is 12.1 Å². The van der Waals surface area contributed by atoms with Crippen LogP contribution in [0.25, 0.3) is 5.65 Å². The maximum atomic E-state index is 13.1. The quantitative estimate of drug-likeness (QED) is 0.740. The molecule has 1 fully saturated rings. The average molecular weight is 391 g/mol. The normalized spacial score (nSPS) is 18.6. The lowest BCUT2D eigenvalue weighted by Gasteiger charge is -2.31. The molecule has 28 heavy (non-hydrogen) atoms. The molecule has 1 unspecified atom stereocenters. The molecule has 4 heterocycles. The van der Waals surface area contributed by atoms with Crippen LogP contribution in [0.5, 0.6) is 5.75 Å². The van der Waals surface area contributed by atoms with Crippen LogP contribution in [0.3, 0.4) is 0 Å². The zero-order chi connectivity index (χ0) is 19.9. The summed E-state index contributed by atoms with van der Waals surface area (Å²) in [5.74, 6) is 0.641. The number of aromatic hydroxyl groups is 1. The summed E-state index contributed by atoms with van der Waals surface area (Å²) in [6.45, 7) is 3.79. The van der Waals surface area contributed by atoms with Crippen molar-refractivity contribution in [3.8, 4) is 5.75 Å². The molecular weight excluding hydrogens is 371 g/mol. The lowest BCUT2D eigenvalue weighted by atomic mass is 9.97. The number of halogens is 3. The first-order valence-corrected chi connectivity index (χ1v) is 9.11. The van der Waals surface area contributed by atoms with Gasteiger partial charge in [-0.1, -0.05) is 0 Å². The first-order chi connectivity index (χ1) is 13.3. The molecule has 1 aliphatic heterocycles. The topological polar surface area (TPSA) is 66.5 Å². The summed E-state index contributed by atoms with van der Waals surface area (Å²) in [5.41, 5.74) is 1.11. The summed E-state index contributed by atoms with van der Waals surface area (Å²) in [6.07, 6.45) is -1.65. The molecule has 0 spiro atoms. The fourth-order valence-electron chi connectivity index (χ4n) is 3.70. The number of alkyl halides is 3. The molecule has 0 aliphatic carbocycles. The van der Waals surface area contributed by atoms with Gasteiger partial charge in [-0.15, -0.1) is 10.2 Å². The second kappa shape index (κ2) is 7.05. The summed E-state index contributed by atoms with van der Waals surface area (Å²) < 4.78 is 40.7. The molecule has 0 radical (unpaired) electrons. The van der Waals surface area contributed by atoms with Crippen LogP contribution in [-0.2, 0) is 12.7 Å². The monoisotopic (exact) mass is 391 g/mol. The summed E-state index contributed by atoms with van der Waals surface area (Å²) in [6, 6.07) is 5.74. The Kier molecular flexibility index (Phi) is 4.70. The molecule has 4 rings (SSSR count). The van der Waals surface area contributed by atoms with Crippen molar-refractivity contribution in [1.82, 2.24) is 24.5 Å². The van der Waals surface area contributed by atoms with Crippen molar-refractivity contribution >= 4 is 5.65 Å². The summed E-state index contributed by atoms with van der Waals surface area (Å²) in [7, 11) is 0. The Labute approximate surface area is 159 Å². The molecule has 6 nitrogen and oxygen atoms in total. The summed E-state index contributed by atoms with van der Waals surface area (Å²) >= 11 is 0. The van der Waals surface area contributed by atoms with Crippen LogP contribution in [0.4, 0.5) is 13.2 Å². The van der Waals surface area contributed by atoms with Gasteiger partial charge in [0.2, 0.25) is 0 Å². The smallest absolute Gasteiger partial charge is 0.417 e. The Hall–Kier alpha value is -2.68. The van der Waals surface area contributed by atoms with Gasteiger partial charge in [0.1, 0.15) is 11.6 Å². The van der Waals surface area contributed by atoms with Gasteiger partial charge >= 0.3 is 6.18 Å². The van der Waals surface area contributed by atoms with Gasteiger partial charge in [-0.25, -0.2) is 0 Å². The van der Waals surface area contributed by atoms with Gasteiger partial charge in [-0.2, -0.15) is 13.2 Å². The average Bonchev–Trinajstić information content (AvgIpc) is 3.07. The number of aryl methyl sites for hydroxylation is 1. The maximum absolute atomic E-state index is 13.1. The van der Waals surface area contributed by atoms with E-state index in [4.69, 9.17) is 0 Å². The van der Waals surface area contributed by atoms with Crippen molar-refractivity contribution in [3.63, 3.8) is 0 Å². The Morgan fingerprint density at radius 3 is 2.79 bits per heavy atom. The molecule has 1 N–H and O–H groups in total. The van der Waals surface area contributed by atoms with Crippen LogP contribution in [0.1, 0.15) is 41.5 Å². The van der Waals surface area contributed by atoms with Crippen LogP contribution < -0.4 is 0 Å². The van der Waals surface area contributed by atoms with Crippen molar-refractivity contribution < 1.29 is 18.3 Å². The van der Waals surface area contributed by atoms with E-state index in [-0.39, 0.29) is 11.7 Å². The molecule has 3 aromatic rings. The lowest BCUT2D eigenvalue weighted by Crippen LogP contribution is -2.35. The van der Waals surface area contributed by atoms with E-state index in [0.29, 0.717) is 30.3 Å². The molecule has 1 saturated heterocycles. The highest BCUT2D eigenvalue weighted by Crippen LogP contribution is 2.32. The van der Waals surface area contributed by atoms with Crippen molar-refractivity contribution in [1.29, 1.82) is 0 Å². The minimum atomic E-state index is -4.41. The van der Waals surface area contributed by atoms with Gasteiger partial charge in [0.15, 0.2) is 5.65 Å². The van der Waals surface area contributed by atoms with Crippen LogP contribution in [-0.4, -0.2) is 42.7 Å². The predicted octanol–water partition coefficient (Wildman–Crippen LogP) is 3.54. The predicted molar refractivity (Wildman–Crippen MR) is 95.9 cm³/mol. The SMILES string of the molecule is Cc1ccc(O)c(CN2CCCC(c3nnc4ccc(C(F)(F)F)cn34)C2)n1. The molecule has 1 aliphatic rings. The molecule has 0 amide bonds. The lowest BCUT2D eigenvalue weighted by molar-refractivity contribution is -0.137. The van der Waals surface area contributed by atoms with Gasteiger partial charge in [0.05, 0.1) is 11.3 Å². The number of hydrogen-bond donors (Lipinski definition) is 1. The fourth-order valence-corrected chi connectivity index (χ4v) is 3.70. The van der Waals surface area contributed by atoms with Gasteiger partial charge in [-0.3, -0.25) is 14.3 Å². The van der Waals surface area contributed by atoms with Crippen molar-refractivity contribution in [2.45, 2.75) is 38.4 Å². The standard InChI is InChI=1S/C19H20F3N5O/c1-12-4-6-16(28)15(23-12)11-26-8-2-3-13(9-26)18-25-24-17-7-5-14(10-27(17)18)19(20,21)22/h4-7,10,13,28H,2-3,8-9,11H2,1H3. The number of fused-ring (bicyclic) bond motifs is 1. The van der Waals surface area contributed by atoms with Crippen molar-refractivity contribution in [2.24, 2.45) is 0 Å². The largest absolute Gasteiger partial charge is 0.506 e. The molecule has 0 bridgehead atoms. The summed E-state index contributed by atoms with van der Waals surface area (Å²) in [4.78, 5) is 6.54. The highest BCUT2D eigenvalue weighted by atomic mass is 19.4. The van der Waals surface area contributed by atoms with Gasteiger partial charge in [0, 0.05) is 30.9 Å². The fraction of sp³-hybridized carbons (Fsp3) is 0.421. The van der Waals surface area contributed by atoms with Crippen molar-refractivity contribution in [3.05, 3.63) is 53.2 Å². The van der Waals surface area contributed by atoms with Gasteiger partial charge in [-0.05, 0) is 50.6 Å². The Morgan fingerprint density at radius 1 is 1.18 bits per heavy atom. The van der Waals surface area contributed by atoms with E-state index in [1.165, 1.54) is 10.5 Å². The van der Waals surface area contributed by atoms with E-state index >= 15 is 0 Å². The second-order valence-electron chi connectivity index (χ2n) is 7.19. The number of piperidine rings is 1. The molecule has 0 saturated carbocycles. The van der Waals surface area contributed by atoms with Crippen LogP contribution in [0, 0.1) is 6.92 Å². The third-order valence-electron chi connectivity index (χ3n) is 5.09. The zero-order valence-corrected chi connectivity index (χ0v) is 15.3. The Morgan fingerprint density at radius 2 is 2.00 bits per heavy atom. The van der Waals surface area contributed by atoms with E-state index < -0.39 is 11.7 Å². The van der Waals surface area contributed by atoms with E-state index in [0.717, 1.165) is 37.3 Å². The van der Waals surface area contributed by atoms with E-state index in [9.17, 15) is 18.3 Å². The number of pyridine rings is 2. The minimum absolute atomic E-state index is 0.0424. The number of rotatable bonds is 3. The number of aromatic nitrogens is 4. The van der Waals surface area contributed by atoms with Gasteiger partial charge in [0.25, 0.3) is 0 Å². The minimum Gasteiger partial charge on any atom is -0.506 e. The molecule has 0 aromatic carbocycles. The van der Waals surface area contributed by atoms with Crippen molar-refractivity contribution in [2.75, 3.05) is 13.1 Å². The zero-order valence-electron chi connectivity index (χ0n) is 15.3. The Bertz CT molecular complexity index is 1000. The van der Waals surface area contributed by atoms with Gasteiger partial charge < -0.3 is 5.11 Å². The van der Waals surface area contributed by atoms with Crippen LogP contribution >= 0.6 is 0 Å². The molecular formula is C19H20F3N5O. The first kappa shape index (κ1) is 18.7. The number of likely N-dealkylation sites (tertiary alicyclic amines) is 1.